The van der Waals surface area contributed by atoms with Crippen molar-refractivity contribution >= 4 is 5.78 Å². The van der Waals surface area contributed by atoms with Crippen molar-refractivity contribution in [3.05, 3.63) is 0 Å². The average molecular weight is 379 g/mol. The van der Waals surface area contributed by atoms with Crippen LogP contribution in [-0.2, 0) is 4.79 Å². The maximum Gasteiger partial charge on any atom is 0.133 e. The standard InChI is InChI=1S/C26H50O/c1-5-6-7-8-9-10-11-12-13-14-15-16-17-18-25(27)21-26-23(3)19-22(2)20-24(26)4/h22-24,26H,5-21H2,1-4H3. The van der Waals surface area contributed by atoms with Gasteiger partial charge in [0.15, 0.2) is 0 Å². The Bertz CT molecular complexity index is 349. The van der Waals surface area contributed by atoms with Gasteiger partial charge in [0.25, 0.3) is 0 Å². The molecule has 2 atom stereocenters. The fraction of sp³-hybridized carbons (Fsp3) is 0.962. The molecule has 0 aromatic heterocycles. The van der Waals surface area contributed by atoms with E-state index >= 15 is 0 Å². The van der Waals surface area contributed by atoms with Gasteiger partial charge in [0.05, 0.1) is 0 Å². The van der Waals surface area contributed by atoms with Gasteiger partial charge in [-0.1, -0.05) is 105 Å². The Balaban J connectivity index is 1.91. The molecule has 0 N–H and O–H groups in total. The zero-order valence-corrected chi connectivity index (χ0v) is 19.2. The van der Waals surface area contributed by atoms with E-state index in [0.29, 0.717) is 11.7 Å². The fourth-order valence-corrected chi connectivity index (χ4v) is 5.38. The van der Waals surface area contributed by atoms with E-state index in [-0.39, 0.29) is 0 Å². The molecule has 1 saturated carbocycles. The summed E-state index contributed by atoms with van der Waals surface area (Å²) in [5, 5.41) is 0. The third-order valence-corrected chi connectivity index (χ3v) is 7.03. The number of hydrogen-bond donors (Lipinski definition) is 0. The fourth-order valence-electron chi connectivity index (χ4n) is 5.38. The lowest BCUT2D eigenvalue weighted by Crippen LogP contribution is -2.30. The van der Waals surface area contributed by atoms with Crippen molar-refractivity contribution in [1.82, 2.24) is 0 Å². The molecule has 0 saturated heterocycles. The molecule has 1 fully saturated rings. The Morgan fingerprint density at radius 3 is 1.52 bits per heavy atom. The lowest BCUT2D eigenvalue weighted by Gasteiger charge is -2.37. The summed E-state index contributed by atoms with van der Waals surface area (Å²) in [4.78, 5) is 12.4. The first kappa shape index (κ1) is 24.7. The Labute approximate surface area is 171 Å². The van der Waals surface area contributed by atoms with E-state index in [1.807, 2.05) is 0 Å². The van der Waals surface area contributed by atoms with Crippen LogP contribution in [0.15, 0.2) is 0 Å². The monoisotopic (exact) mass is 378 g/mol. The first-order valence-electron chi connectivity index (χ1n) is 12.6. The predicted molar refractivity (Wildman–Crippen MR) is 120 cm³/mol. The van der Waals surface area contributed by atoms with Crippen molar-refractivity contribution in [2.45, 2.75) is 137 Å². The molecular formula is C26H50O. The van der Waals surface area contributed by atoms with Crippen LogP contribution in [0.1, 0.15) is 137 Å². The van der Waals surface area contributed by atoms with E-state index < -0.39 is 0 Å². The van der Waals surface area contributed by atoms with Crippen LogP contribution in [0.2, 0.25) is 0 Å². The van der Waals surface area contributed by atoms with Crippen molar-refractivity contribution in [2.24, 2.45) is 23.7 Å². The molecule has 1 aliphatic rings. The van der Waals surface area contributed by atoms with Crippen molar-refractivity contribution in [1.29, 1.82) is 0 Å². The highest BCUT2D eigenvalue weighted by atomic mass is 16.1. The van der Waals surface area contributed by atoms with Gasteiger partial charge in [0.2, 0.25) is 0 Å². The Morgan fingerprint density at radius 2 is 1.07 bits per heavy atom. The SMILES string of the molecule is CCCCCCCCCCCCCCCC(=O)CC1C(C)CC(C)CC1C. The van der Waals surface area contributed by atoms with Crippen LogP contribution >= 0.6 is 0 Å². The van der Waals surface area contributed by atoms with Gasteiger partial charge in [-0.3, -0.25) is 4.79 Å². The topological polar surface area (TPSA) is 17.1 Å². The molecule has 0 bridgehead atoms. The molecule has 1 nitrogen and oxygen atoms in total. The molecule has 0 aliphatic heterocycles. The first-order valence-corrected chi connectivity index (χ1v) is 12.6. The van der Waals surface area contributed by atoms with Crippen LogP contribution in [0.4, 0.5) is 0 Å². The largest absolute Gasteiger partial charge is 0.300 e. The number of ketones is 1. The van der Waals surface area contributed by atoms with Crippen LogP contribution in [0.5, 0.6) is 0 Å². The lowest BCUT2D eigenvalue weighted by atomic mass is 9.68. The van der Waals surface area contributed by atoms with E-state index in [2.05, 4.69) is 27.7 Å². The van der Waals surface area contributed by atoms with Crippen molar-refractivity contribution in [3.8, 4) is 0 Å². The Kier molecular flexibility index (Phi) is 14.3. The average Bonchev–Trinajstić information content (AvgIpc) is 2.62. The number of carbonyl (C=O) groups excluding carboxylic acids is 1. The second-order valence-electron chi connectivity index (χ2n) is 9.93. The molecule has 0 radical (unpaired) electrons. The summed E-state index contributed by atoms with van der Waals surface area (Å²) in [5.41, 5.74) is 0. The number of unbranched alkanes of at least 4 members (excludes halogenated alkanes) is 12. The van der Waals surface area contributed by atoms with E-state index in [4.69, 9.17) is 0 Å². The minimum atomic E-state index is 0.538. The Morgan fingerprint density at radius 1 is 0.667 bits per heavy atom. The van der Waals surface area contributed by atoms with Gasteiger partial charge in [-0.05, 0) is 42.9 Å². The van der Waals surface area contributed by atoms with Gasteiger partial charge < -0.3 is 0 Å². The normalized spacial score (nSPS) is 25.6. The predicted octanol–water partition coefficient (Wildman–Crippen LogP) is 8.75. The number of Topliss-reactive ketones (excluding diaryl/α,β-unsaturated/α-hetero) is 1. The summed E-state index contributed by atoms with van der Waals surface area (Å²) >= 11 is 0. The summed E-state index contributed by atoms with van der Waals surface area (Å²) in [6.45, 7) is 9.40. The van der Waals surface area contributed by atoms with Gasteiger partial charge in [-0.15, -0.1) is 0 Å². The molecule has 1 aliphatic carbocycles. The molecule has 0 aromatic carbocycles. The van der Waals surface area contributed by atoms with Crippen LogP contribution in [0, 0.1) is 23.7 Å². The van der Waals surface area contributed by atoms with Gasteiger partial charge in [-0.25, -0.2) is 0 Å². The van der Waals surface area contributed by atoms with E-state index in [1.54, 1.807) is 0 Å². The molecule has 0 heterocycles. The smallest absolute Gasteiger partial charge is 0.133 e. The maximum atomic E-state index is 12.4. The summed E-state index contributed by atoms with van der Waals surface area (Å²) < 4.78 is 0. The minimum Gasteiger partial charge on any atom is -0.300 e. The summed E-state index contributed by atoms with van der Waals surface area (Å²) in [7, 11) is 0. The van der Waals surface area contributed by atoms with Gasteiger partial charge in [0, 0.05) is 12.8 Å². The molecule has 27 heavy (non-hydrogen) atoms. The highest BCUT2D eigenvalue weighted by Crippen LogP contribution is 2.39. The number of rotatable bonds is 16. The van der Waals surface area contributed by atoms with Crippen LogP contribution < -0.4 is 0 Å². The molecule has 0 spiro atoms. The summed E-state index contributed by atoms with van der Waals surface area (Å²) in [6.07, 6.45) is 22.2. The quantitative estimate of drug-likeness (QED) is 0.245. The van der Waals surface area contributed by atoms with E-state index in [1.165, 1.54) is 89.9 Å². The van der Waals surface area contributed by atoms with Crippen molar-refractivity contribution in [3.63, 3.8) is 0 Å². The molecule has 160 valence electrons. The number of carbonyl (C=O) groups is 1. The zero-order valence-electron chi connectivity index (χ0n) is 19.2. The van der Waals surface area contributed by atoms with Gasteiger partial charge in [-0.2, -0.15) is 0 Å². The van der Waals surface area contributed by atoms with Gasteiger partial charge >= 0.3 is 0 Å². The van der Waals surface area contributed by atoms with Crippen LogP contribution in [0.3, 0.4) is 0 Å². The third-order valence-electron chi connectivity index (χ3n) is 7.03. The highest BCUT2D eigenvalue weighted by molar-refractivity contribution is 5.78. The molecule has 1 rings (SSSR count). The second kappa shape index (κ2) is 15.6. The first-order chi connectivity index (χ1) is 13.0. The van der Waals surface area contributed by atoms with Crippen LogP contribution in [-0.4, -0.2) is 5.78 Å². The molecule has 2 unspecified atom stereocenters. The molecule has 0 aromatic rings. The van der Waals surface area contributed by atoms with Crippen molar-refractivity contribution in [2.75, 3.05) is 0 Å². The maximum absolute atomic E-state index is 12.4. The van der Waals surface area contributed by atoms with E-state index in [0.717, 1.165) is 37.0 Å². The zero-order chi connectivity index (χ0) is 19.9. The molecule has 1 heteroatoms. The third kappa shape index (κ3) is 12.0. The van der Waals surface area contributed by atoms with E-state index in [9.17, 15) is 4.79 Å². The summed E-state index contributed by atoms with van der Waals surface area (Å²) in [6, 6.07) is 0. The van der Waals surface area contributed by atoms with Crippen molar-refractivity contribution < 1.29 is 4.79 Å². The van der Waals surface area contributed by atoms with Gasteiger partial charge in [0.1, 0.15) is 5.78 Å². The van der Waals surface area contributed by atoms with Crippen LogP contribution in [0.25, 0.3) is 0 Å². The minimum absolute atomic E-state index is 0.538. The Hall–Kier alpha value is -0.330. The number of hydrogen-bond acceptors (Lipinski definition) is 1. The molecular weight excluding hydrogens is 328 g/mol. The highest BCUT2D eigenvalue weighted by Gasteiger charge is 2.32. The molecule has 0 amide bonds. The second-order valence-corrected chi connectivity index (χ2v) is 9.93. The summed E-state index contributed by atoms with van der Waals surface area (Å²) in [5.74, 6) is 3.51. The lowest BCUT2D eigenvalue weighted by molar-refractivity contribution is -0.121.